The molecule has 198 valence electrons. The minimum atomic E-state index is -3.58. The number of benzene rings is 1. The molecule has 0 aliphatic carbocycles. The molecule has 1 atom stereocenters. The van der Waals surface area contributed by atoms with Gasteiger partial charge in [-0.25, -0.2) is 13.4 Å². The van der Waals surface area contributed by atoms with E-state index < -0.39 is 22.0 Å². The van der Waals surface area contributed by atoms with Gasteiger partial charge in [-0.3, -0.25) is 9.10 Å². The molecule has 1 aliphatic rings. The van der Waals surface area contributed by atoms with Crippen LogP contribution in [0.3, 0.4) is 0 Å². The lowest BCUT2D eigenvalue weighted by Crippen LogP contribution is -2.39. The molecule has 10 heteroatoms. The molecule has 1 amide bonds. The number of piperidine rings is 1. The van der Waals surface area contributed by atoms with Crippen LogP contribution >= 0.6 is 0 Å². The first-order valence-corrected chi connectivity index (χ1v) is 14.6. The van der Waals surface area contributed by atoms with Gasteiger partial charge in [-0.1, -0.05) is 43.7 Å². The lowest BCUT2D eigenvalue weighted by Gasteiger charge is -2.26. The van der Waals surface area contributed by atoms with E-state index in [4.69, 9.17) is 0 Å². The van der Waals surface area contributed by atoms with Gasteiger partial charge in [-0.2, -0.15) is 0 Å². The van der Waals surface area contributed by atoms with Gasteiger partial charge in [0, 0.05) is 25.2 Å². The number of sulfonamides is 1. The number of rotatable bonds is 13. The van der Waals surface area contributed by atoms with E-state index in [1.807, 2.05) is 37.3 Å². The number of hydrogen-bond acceptors (Lipinski definition) is 7. The van der Waals surface area contributed by atoms with Gasteiger partial charge in [0.15, 0.2) is 0 Å². The summed E-state index contributed by atoms with van der Waals surface area (Å²) >= 11 is 0. The number of nitrogens with one attached hydrogen (secondary N) is 2. The summed E-state index contributed by atoms with van der Waals surface area (Å²) in [7, 11) is -3.58. The SMILES string of the molecule is CCCN(c1cc(C(=O)N[C@H](CO)Cc2ccccc2)cc(NCCN2CCCCC2)n1)S(C)(=O)=O. The number of hydrogen-bond donors (Lipinski definition) is 3. The van der Waals surface area contributed by atoms with Gasteiger partial charge in [0.25, 0.3) is 5.91 Å². The predicted molar refractivity (Wildman–Crippen MR) is 144 cm³/mol. The molecule has 0 unspecified atom stereocenters. The Labute approximate surface area is 215 Å². The van der Waals surface area contributed by atoms with Crippen LogP contribution < -0.4 is 14.9 Å². The Morgan fingerprint density at radius 2 is 1.89 bits per heavy atom. The first kappa shape index (κ1) is 27.9. The number of nitrogens with zero attached hydrogens (tertiary/aromatic N) is 3. The summed E-state index contributed by atoms with van der Waals surface area (Å²) in [5, 5.41) is 16.0. The first-order valence-electron chi connectivity index (χ1n) is 12.7. The minimum Gasteiger partial charge on any atom is -0.394 e. The van der Waals surface area contributed by atoms with Crippen LogP contribution in [-0.4, -0.2) is 80.9 Å². The zero-order chi connectivity index (χ0) is 26.0. The van der Waals surface area contributed by atoms with E-state index >= 15 is 0 Å². The van der Waals surface area contributed by atoms with Gasteiger partial charge in [-0.05, 0) is 56.5 Å². The third kappa shape index (κ3) is 8.46. The number of pyridine rings is 1. The zero-order valence-corrected chi connectivity index (χ0v) is 22.1. The third-order valence-corrected chi connectivity index (χ3v) is 7.39. The molecule has 1 aromatic carbocycles. The second-order valence-corrected chi connectivity index (χ2v) is 11.2. The van der Waals surface area contributed by atoms with Crippen LogP contribution in [0.5, 0.6) is 0 Å². The van der Waals surface area contributed by atoms with Crippen molar-refractivity contribution in [2.45, 2.75) is 45.1 Å². The van der Waals surface area contributed by atoms with E-state index in [1.165, 1.54) is 29.6 Å². The molecule has 3 N–H and O–H groups in total. The number of aromatic nitrogens is 1. The highest BCUT2D eigenvalue weighted by Crippen LogP contribution is 2.21. The van der Waals surface area contributed by atoms with E-state index in [2.05, 4.69) is 20.5 Å². The van der Waals surface area contributed by atoms with Crippen molar-refractivity contribution >= 4 is 27.6 Å². The molecular formula is C26H39N5O4S. The summed E-state index contributed by atoms with van der Waals surface area (Å²) in [4.78, 5) is 20.1. The second kappa shape index (κ2) is 13.6. The van der Waals surface area contributed by atoms with Crippen molar-refractivity contribution in [2.75, 3.05) is 55.2 Å². The van der Waals surface area contributed by atoms with E-state index in [0.29, 0.717) is 25.2 Å². The summed E-state index contributed by atoms with van der Waals surface area (Å²) in [6, 6.07) is 12.3. The van der Waals surface area contributed by atoms with Crippen LogP contribution in [-0.2, 0) is 16.4 Å². The first-order chi connectivity index (χ1) is 17.3. The van der Waals surface area contributed by atoms with E-state index in [1.54, 1.807) is 6.07 Å². The molecule has 0 radical (unpaired) electrons. The van der Waals surface area contributed by atoms with Gasteiger partial charge >= 0.3 is 0 Å². The van der Waals surface area contributed by atoms with Crippen molar-refractivity contribution in [1.29, 1.82) is 0 Å². The summed E-state index contributed by atoms with van der Waals surface area (Å²) in [5.41, 5.74) is 1.29. The number of anilines is 2. The van der Waals surface area contributed by atoms with Gasteiger partial charge in [-0.15, -0.1) is 0 Å². The molecule has 36 heavy (non-hydrogen) atoms. The zero-order valence-electron chi connectivity index (χ0n) is 21.3. The lowest BCUT2D eigenvalue weighted by molar-refractivity contribution is 0.0916. The Balaban J connectivity index is 1.80. The van der Waals surface area contributed by atoms with E-state index in [0.717, 1.165) is 31.5 Å². The predicted octanol–water partition coefficient (Wildman–Crippen LogP) is 2.49. The Kier molecular flexibility index (Phi) is 10.5. The summed E-state index contributed by atoms with van der Waals surface area (Å²) in [5.74, 6) is 0.261. The van der Waals surface area contributed by atoms with Crippen molar-refractivity contribution in [1.82, 2.24) is 15.2 Å². The summed E-state index contributed by atoms with van der Waals surface area (Å²) in [6.45, 7) is 5.57. The number of carbonyl (C=O) groups is 1. The molecule has 1 saturated heterocycles. The van der Waals surface area contributed by atoms with Crippen LogP contribution in [0, 0.1) is 0 Å². The standard InChI is InChI=1S/C26H39N5O4S/c1-3-13-31(36(2,34)35)25-19-22(18-24(29-25)27-12-16-30-14-8-5-9-15-30)26(33)28-23(20-32)17-21-10-6-4-7-11-21/h4,6-7,10-11,18-19,23,32H,3,5,8-9,12-17,20H2,1-2H3,(H,27,29)(H,28,33)/t23-/m0/s1. The number of aliphatic hydroxyl groups excluding tert-OH is 1. The molecule has 1 fully saturated rings. The maximum atomic E-state index is 13.2. The monoisotopic (exact) mass is 517 g/mol. The highest BCUT2D eigenvalue weighted by atomic mass is 32.2. The van der Waals surface area contributed by atoms with E-state index in [9.17, 15) is 18.3 Å². The van der Waals surface area contributed by atoms with Crippen molar-refractivity contribution in [3.05, 3.63) is 53.6 Å². The van der Waals surface area contributed by atoms with Crippen LogP contribution in [0.25, 0.3) is 0 Å². The van der Waals surface area contributed by atoms with Crippen LogP contribution in [0.2, 0.25) is 0 Å². The van der Waals surface area contributed by atoms with Gasteiger partial charge in [0.1, 0.15) is 11.6 Å². The number of aliphatic hydroxyl groups is 1. The molecular weight excluding hydrogens is 478 g/mol. The van der Waals surface area contributed by atoms with Crippen LogP contribution in [0.1, 0.15) is 48.5 Å². The summed E-state index contributed by atoms with van der Waals surface area (Å²) < 4.78 is 26.2. The van der Waals surface area contributed by atoms with Crippen molar-refractivity contribution in [3.8, 4) is 0 Å². The molecule has 1 aliphatic heterocycles. The highest BCUT2D eigenvalue weighted by molar-refractivity contribution is 7.92. The number of likely N-dealkylation sites (tertiary alicyclic amines) is 1. The second-order valence-electron chi connectivity index (χ2n) is 9.31. The maximum absolute atomic E-state index is 13.2. The van der Waals surface area contributed by atoms with E-state index in [-0.39, 0.29) is 24.5 Å². The van der Waals surface area contributed by atoms with Crippen LogP contribution in [0.15, 0.2) is 42.5 Å². The Morgan fingerprint density at radius 1 is 1.17 bits per heavy atom. The Bertz CT molecular complexity index is 1070. The minimum absolute atomic E-state index is 0.205. The Morgan fingerprint density at radius 3 is 2.53 bits per heavy atom. The highest BCUT2D eigenvalue weighted by Gasteiger charge is 2.22. The summed E-state index contributed by atoms with van der Waals surface area (Å²) in [6.07, 6.45) is 5.90. The maximum Gasteiger partial charge on any atom is 0.251 e. The fourth-order valence-corrected chi connectivity index (χ4v) is 5.32. The molecule has 3 rings (SSSR count). The normalized spacial score (nSPS) is 15.3. The molecule has 2 heterocycles. The Hall–Kier alpha value is -2.69. The number of carbonyl (C=O) groups excluding carboxylic acids is 1. The average Bonchev–Trinajstić information content (AvgIpc) is 2.87. The number of amides is 1. The van der Waals surface area contributed by atoms with Crippen LogP contribution in [0.4, 0.5) is 11.6 Å². The van der Waals surface area contributed by atoms with Crippen molar-refractivity contribution in [3.63, 3.8) is 0 Å². The third-order valence-electron chi connectivity index (χ3n) is 6.22. The van der Waals surface area contributed by atoms with Gasteiger partial charge in [0.05, 0.1) is 18.9 Å². The van der Waals surface area contributed by atoms with Gasteiger partial charge < -0.3 is 20.6 Å². The lowest BCUT2D eigenvalue weighted by atomic mass is 10.1. The van der Waals surface area contributed by atoms with Crippen molar-refractivity contribution < 1.29 is 18.3 Å². The topological polar surface area (TPSA) is 115 Å². The molecule has 2 aromatic rings. The smallest absolute Gasteiger partial charge is 0.251 e. The molecule has 0 bridgehead atoms. The molecule has 9 nitrogen and oxygen atoms in total. The average molecular weight is 518 g/mol. The largest absolute Gasteiger partial charge is 0.394 e. The fourth-order valence-electron chi connectivity index (χ4n) is 4.37. The fraction of sp³-hybridized carbons (Fsp3) is 0.538. The molecule has 0 saturated carbocycles. The van der Waals surface area contributed by atoms with Crippen molar-refractivity contribution in [2.24, 2.45) is 0 Å². The molecule has 0 spiro atoms. The molecule has 1 aromatic heterocycles. The van der Waals surface area contributed by atoms with Gasteiger partial charge in [0.2, 0.25) is 10.0 Å². The quantitative estimate of drug-likeness (QED) is 0.374.